The predicted molar refractivity (Wildman–Crippen MR) is 135 cm³/mol. The van der Waals surface area contributed by atoms with E-state index in [9.17, 15) is 0 Å². The Bertz CT molecular complexity index is 682. The van der Waals surface area contributed by atoms with E-state index < -0.39 is 0 Å². The van der Waals surface area contributed by atoms with Gasteiger partial charge in [0.05, 0.1) is 6.54 Å². The van der Waals surface area contributed by atoms with Gasteiger partial charge in [-0.05, 0) is 44.4 Å². The van der Waals surface area contributed by atoms with Gasteiger partial charge in [0.1, 0.15) is 0 Å². The maximum absolute atomic E-state index is 4.81. The molecule has 1 saturated heterocycles. The fourth-order valence-corrected chi connectivity index (χ4v) is 3.80. The Labute approximate surface area is 193 Å². The lowest BCUT2D eigenvalue weighted by molar-refractivity contribution is 0.221. The summed E-state index contributed by atoms with van der Waals surface area (Å²) in [7, 11) is 0. The van der Waals surface area contributed by atoms with Gasteiger partial charge in [-0.15, -0.1) is 24.0 Å². The van der Waals surface area contributed by atoms with Gasteiger partial charge < -0.3 is 15.5 Å². The van der Waals surface area contributed by atoms with Gasteiger partial charge in [-0.2, -0.15) is 0 Å². The molecule has 0 spiro atoms. The highest BCUT2D eigenvalue weighted by Gasteiger charge is 2.19. The minimum Gasteiger partial charge on any atom is -0.364 e. The number of benzene rings is 1. The number of aliphatic imine (C=N–C) groups is 1. The third-order valence-corrected chi connectivity index (χ3v) is 5.31. The van der Waals surface area contributed by atoms with Crippen molar-refractivity contribution in [2.45, 2.75) is 39.3 Å². The summed E-state index contributed by atoms with van der Waals surface area (Å²) in [4.78, 5) is 9.66. The van der Waals surface area contributed by atoms with E-state index in [1.807, 2.05) is 0 Å². The van der Waals surface area contributed by atoms with Crippen LogP contribution in [0.15, 0.2) is 53.6 Å². The van der Waals surface area contributed by atoms with E-state index in [1.165, 1.54) is 16.8 Å². The van der Waals surface area contributed by atoms with Crippen LogP contribution < -0.4 is 15.5 Å². The average Bonchev–Trinajstić information content (AvgIpc) is 3.23. The first-order valence-electron chi connectivity index (χ1n) is 10.5. The molecule has 3 rings (SSSR count). The van der Waals surface area contributed by atoms with Gasteiger partial charge in [-0.3, -0.25) is 4.90 Å². The fourth-order valence-electron chi connectivity index (χ4n) is 3.80. The highest BCUT2D eigenvalue weighted by molar-refractivity contribution is 14.0. The smallest absolute Gasteiger partial charge is 0.191 e. The molecule has 0 amide bonds. The number of rotatable bonds is 7. The van der Waals surface area contributed by atoms with Crippen molar-refractivity contribution in [3.63, 3.8) is 0 Å². The summed E-state index contributed by atoms with van der Waals surface area (Å²) in [6.45, 7) is 15.1. The molecule has 0 aliphatic carbocycles. The Hall–Kier alpha value is -1.54. The van der Waals surface area contributed by atoms with Crippen molar-refractivity contribution >= 4 is 35.6 Å². The Balaban J connectivity index is 0.00000300. The summed E-state index contributed by atoms with van der Waals surface area (Å²) in [6.07, 6.45) is 6.73. The van der Waals surface area contributed by atoms with Crippen molar-refractivity contribution in [2.24, 2.45) is 4.99 Å². The van der Waals surface area contributed by atoms with Crippen LogP contribution in [0.5, 0.6) is 0 Å². The van der Waals surface area contributed by atoms with E-state index in [0.29, 0.717) is 12.6 Å². The molecule has 160 valence electrons. The third-order valence-electron chi connectivity index (χ3n) is 5.31. The molecule has 6 heteroatoms. The highest BCUT2D eigenvalue weighted by atomic mass is 127. The minimum atomic E-state index is 0. The summed E-state index contributed by atoms with van der Waals surface area (Å²) in [5, 5.41) is 7.02. The maximum Gasteiger partial charge on any atom is 0.191 e. The zero-order valence-electron chi connectivity index (χ0n) is 17.9. The molecule has 0 bridgehead atoms. The van der Waals surface area contributed by atoms with Gasteiger partial charge in [0.15, 0.2) is 5.96 Å². The molecule has 1 fully saturated rings. The Kier molecular flexibility index (Phi) is 10.0. The van der Waals surface area contributed by atoms with Gasteiger partial charge in [-0.25, -0.2) is 4.99 Å². The number of hydrogen-bond acceptors (Lipinski definition) is 3. The molecule has 2 aliphatic heterocycles. The summed E-state index contributed by atoms with van der Waals surface area (Å²) in [6, 6.07) is 9.28. The van der Waals surface area contributed by atoms with Crippen LogP contribution in [0.4, 0.5) is 5.69 Å². The molecule has 0 aromatic heterocycles. The number of guanidine groups is 1. The molecule has 1 aromatic carbocycles. The van der Waals surface area contributed by atoms with E-state index >= 15 is 0 Å². The van der Waals surface area contributed by atoms with Crippen LogP contribution in [-0.2, 0) is 6.54 Å². The lowest BCUT2D eigenvalue weighted by Gasteiger charge is -2.33. The quantitative estimate of drug-likeness (QED) is 0.254. The molecule has 2 heterocycles. The lowest BCUT2D eigenvalue weighted by Crippen LogP contribution is -2.48. The summed E-state index contributed by atoms with van der Waals surface area (Å²) >= 11 is 0. The van der Waals surface area contributed by atoms with Crippen molar-refractivity contribution in [3.05, 3.63) is 54.1 Å². The first-order valence-corrected chi connectivity index (χ1v) is 10.5. The normalized spacial score (nSPS) is 17.9. The van der Waals surface area contributed by atoms with Crippen molar-refractivity contribution in [1.29, 1.82) is 0 Å². The van der Waals surface area contributed by atoms with Gasteiger partial charge in [0.2, 0.25) is 0 Å². The SMILES string of the molecule is C=C(C)CN1CCC(NC(=NCc2ccc(N3CC=CC3)cc2)NCC)CC1.I. The molecule has 1 aromatic rings. The fraction of sp³-hybridized carbons (Fsp3) is 0.522. The zero-order chi connectivity index (χ0) is 19.8. The molecule has 2 aliphatic rings. The lowest BCUT2D eigenvalue weighted by atomic mass is 10.0. The van der Waals surface area contributed by atoms with Crippen molar-refractivity contribution in [1.82, 2.24) is 15.5 Å². The van der Waals surface area contributed by atoms with Crippen molar-refractivity contribution in [3.8, 4) is 0 Å². The van der Waals surface area contributed by atoms with Crippen LogP contribution >= 0.6 is 24.0 Å². The Morgan fingerprint density at radius 3 is 2.38 bits per heavy atom. The van der Waals surface area contributed by atoms with Crippen LogP contribution in [0.1, 0.15) is 32.3 Å². The molecule has 0 atom stereocenters. The second kappa shape index (κ2) is 12.2. The van der Waals surface area contributed by atoms with Crippen LogP contribution in [0, 0.1) is 0 Å². The molecule has 0 radical (unpaired) electrons. The van der Waals surface area contributed by atoms with Crippen LogP contribution in [0.25, 0.3) is 0 Å². The van der Waals surface area contributed by atoms with Gasteiger partial charge >= 0.3 is 0 Å². The number of nitrogens with zero attached hydrogens (tertiary/aromatic N) is 3. The number of likely N-dealkylation sites (tertiary alicyclic amines) is 1. The van der Waals surface area contributed by atoms with E-state index in [4.69, 9.17) is 4.99 Å². The second-order valence-corrected chi connectivity index (χ2v) is 7.89. The standard InChI is InChI=1S/C23H35N5.HI/c1-4-24-23(26-21-11-15-27(16-12-21)18-19(2)3)25-17-20-7-9-22(10-8-20)28-13-5-6-14-28;/h5-10,21H,2,4,11-18H2,1,3H3,(H2,24,25,26);1H. The Morgan fingerprint density at radius 1 is 1.14 bits per heavy atom. The first-order chi connectivity index (χ1) is 13.6. The van der Waals surface area contributed by atoms with Gasteiger partial charge in [-0.1, -0.05) is 36.4 Å². The van der Waals surface area contributed by atoms with Gasteiger partial charge in [0.25, 0.3) is 0 Å². The maximum atomic E-state index is 4.81. The summed E-state index contributed by atoms with van der Waals surface area (Å²) in [5.41, 5.74) is 3.77. The molecule has 0 unspecified atom stereocenters. The number of nitrogens with one attached hydrogen (secondary N) is 2. The molecular formula is C23H36IN5. The third kappa shape index (κ3) is 7.66. The zero-order valence-corrected chi connectivity index (χ0v) is 20.2. The van der Waals surface area contributed by atoms with Crippen LogP contribution in [-0.4, -0.2) is 56.2 Å². The van der Waals surface area contributed by atoms with E-state index in [2.05, 4.69) is 77.3 Å². The molecule has 0 saturated carbocycles. The van der Waals surface area contributed by atoms with E-state index in [-0.39, 0.29) is 24.0 Å². The summed E-state index contributed by atoms with van der Waals surface area (Å²) < 4.78 is 0. The van der Waals surface area contributed by atoms with Gasteiger partial charge in [0, 0.05) is 51.0 Å². The topological polar surface area (TPSA) is 42.9 Å². The number of piperidine rings is 1. The van der Waals surface area contributed by atoms with Crippen LogP contribution in [0.3, 0.4) is 0 Å². The minimum absolute atomic E-state index is 0. The van der Waals surface area contributed by atoms with Crippen LogP contribution in [0.2, 0.25) is 0 Å². The number of halogens is 1. The molecule has 2 N–H and O–H groups in total. The first kappa shape index (κ1) is 23.7. The molecule has 29 heavy (non-hydrogen) atoms. The second-order valence-electron chi connectivity index (χ2n) is 7.89. The largest absolute Gasteiger partial charge is 0.364 e. The Morgan fingerprint density at radius 2 is 1.79 bits per heavy atom. The average molecular weight is 509 g/mol. The number of anilines is 1. The monoisotopic (exact) mass is 509 g/mol. The predicted octanol–water partition coefficient (Wildman–Crippen LogP) is 3.78. The molecular weight excluding hydrogens is 473 g/mol. The van der Waals surface area contributed by atoms with Crippen molar-refractivity contribution < 1.29 is 0 Å². The molecule has 5 nitrogen and oxygen atoms in total. The van der Waals surface area contributed by atoms with Crippen molar-refractivity contribution in [2.75, 3.05) is 44.2 Å². The number of hydrogen-bond donors (Lipinski definition) is 2. The summed E-state index contributed by atoms with van der Waals surface area (Å²) in [5.74, 6) is 0.925. The highest BCUT2D eigenvalue weighted by Crippen LogP contribution is 2.18. The van der Waals surface area contributed by atoms with E-state index in [1.54, 1.807) is 0 Å². The van der Waals surface area contributed by atoms with E-state index in [0.717, 1.165) is 58.1 Å².